The van der Waals surface area contributed by atoms with Gasteiger partial charge < -0.3 is 15.3 Å². The van der Waals surface area contributed by atoms with Crippen molar-refractivity contribution in [2.45, 2.75) is 31.5 Å². The van der Waals surface area contributed by atoms with Gasteiger partial charge in [-0.2, -0.15) is 0 Å². The van der Waals surface area contributed by atoms with Crippen LogP contribution in [0.5, 0.6) is 0 Å². The zero-order chi connectivity index (χ0) is 17.8. The molecule has 3 rings (SSSR count). The smallest absolute Gasteiger partial charge is 0.256 e. The van der Waals surface area contributed by atoms with Crippen LogP contribution in [0, 0.1) is 0 Å². The Kier molecular flexibility index (Phi) is 5.14. The van der Waals surface area contributed by atoms with E-state index in [9.17, 15) is 14.7 Å². The topological polar surface area (TPSA) is 69.6 Å². The first-order chi connectivity index (χ1) is 12.0. The molecule has 5 nitrogen and oxygen atoms in total. The molecule has 5 heteroatoms. The number of nitrogens with zero attached hydrogens (tertiary/aromatic N) is 1. The number of aliphatic hydroxyl groups excluding tert-OH is 1. The molecule has 0 spiro atoms. The van der Waals surface area contributed by atoms with Crippen molar-refractivity contribution in [3.63, 3.8) is 0 Å². The van der Waals surface area contributed by atoms with Gasteiger partial charge in [0, 0.05) is 25.2 Å². The summed E-state index contributed by atoms with van der Waals surface area (Å²) in [6.45, 7) is 0.368. The van der Waals surface area contributed by atoms with Crippen LogP contribution in [0.4, 0.5) is 0 Å². The summed E-state index contributed by atoms with van der Waals surface area (Å²) in [7, 11) is 1.65. The molecule has 0 heterocycles. The summed E-state index contributed by atoms with van der Waals surface area (Å²) in [4.78, 5) is 25.8. The molecule has 0 saturated heterocycles. The second-order valence-corrected chi connectivity index (χ2v) is 6.45. The van der Waals surface area contributed by atoms with E-state index < -0.39 is 6.10 Å². The summed E-state index contributed by atoms with van der Waals surface area (Å²) < 4.78 is 0. The molecule has 1 aliphatic carbocycles. The number of hydrogen-bond acceptors (Lipinski definition) is 3. The first kappa shape index (κ1) is 17.2. The van der Waals surface area contributed by atoms with Crippen molar-refractivity contribution in [1.29, 1.82) is 0 Å². The molecule has 25 heavy (non-hydrogen) atoms. The van der Waals surface area contributed by atoms with Crippen LogP contribution in [0.25, 0.3) is 0 Å². The molecule has 1 atom stereocenters. The minimum absolute atomic E-state index is 0.0574. The fourth-order valence-electron chi connectivity index (χ4n) is 2.60. The second-order valence-electron chi connectivity index (χ2n) is 6.45. The predicted octanol–water partition coefficient (Wildman–Crippen LogP) is 2.27. The first-order valence-corrected chi connectivity index (χ1v) is 8.42. The Morgan fingerprint density at radius 3 is 2.36 bits per heavy atom. The molecule has 2 aromatic rings. The Labute approximate surface area is 147 Å². The molecule has 0 unspecified atom stereocenters. The summed E-state index contributed by atoms with van der Waals surface area (Å²) in [5, 5.41) is 13.1. The molecule has 1 aliphatic rings. The molecule has 1 fully saturated rings. The highest BCUT2D eigenvalue weighted by atomic mass is 16.3. The molecule has 0 aliphatic heterocycles. The van der Waals surface area contributed by atoms with Crippen LogP contribution in [0.1, 0.15) is 40.4 Å². The quantitative estimate of drug-likeness (QED) is 0.849. The van der Waals surface area contributed by atoms with Gasteiger partial charge in [-0.1, -0.05) is 42.5 Å². The highest BCUT2D eigenvalue weighted by Crippen LogP contribution is 2.20. The maximum absolute atomic E-state index is 12.4. The van der Waals surface area contributed by atoms with Crippen LogP contribution >= 0.6 is 0 Å². The Bertz CT molecular complexity index is 739. The van der Waals surface area contributed by atoms with Crippen LogP contribution in [0.2, 0.25) is 0 Å². The fourth-order valence-corrected chi connectivity index (χ4v) is 2.60. The summed E-state index contributed by atoms with van der Waals surface area (Å²) in [5.74, 6) is -0.417. The summed E-state index contributed by atoms with van der Waals surface area (Å²) in [6.07, 6.45) is 0.941. The lowest BCUT2D eigenvalue weighted by atomic mass is 10.1. The number of rotatable bonds is 6. The van der Waals surface area contributed by atoms with Crippen molar-refractivity contribution in [1.82, 2.24) is 10.2 Å². The summed E-state index contributed by atoms with van der Waals surface area (Å²) in [5.41, 5.74) is 2.10. The van der Waals surface area contributed by atoms with E-state index in [0.29, 0.717) is 23.7 Å². The van der Waals surface area contributed by atoms with Crippen LogP contribution in [0.15, 0.2) is 54.6 Å². The number of amides is 2. The van der Waals surface area contributed by atoms with Crippen molar-refractivity contribution in [3.8, 4) is 0 Å². The normalized spacial score (nSPS) is 14.6. The predicted molar refractivity (Wildman–Crippen MR) is 94.8 cm³/mol. The number of nitrogens with one attached hydrogen (secondary N) is 1. The van der Waals surface area contributed by atoms with Gasteiger partial charge in [-0.25, -0.2) is 0 Å². The third-order valence-corrected chi connectivity index (χ3v) is 4.27. The van der Waals surface area contributed by atoms with Crippen molar-refractivity contribution >= 4 is 11.8 Å². The molecule has 2 aromatic carbocycles. The van der Waals surface area contributed by atoms with Gasteiger partial charge in [0.15, 0.2) is 6.10 Å². The van der Waals surface area contributed by atoms with Gasteiger partial charge in [0.25, 0.3) is 11.8 Å². The molecular formula is C20H22N2O3. The number of likely N-dealkylation sites (N-methyl/N-ethyl adjacent to an activating group) is 1. The number of hydrogen-bond donors (Lipinski definition) is 2. The van der Waals surface area contributed by atoms with Gasteiger partial charge in [0.2, 0.25) is 0 Å². The molecule has 130 valence electrons. The van der Waals surface area contributed by atoms with E-state index in [1.54, 1.807) is 43.4 Å². The number of carbonyl (C=O) groups is 2. The van der Waals surface area contributed by atoms with E-state index in [1.807, 2.05) is 18.2 Å². The van der Waals surface area contributed by atoms with Gasteiger partial charge in [-0.3, -0.25) is 9.59 Å². The van der Waals surface area contributed by atoms with E-state index in [1.165, 1.54) is 4.90 Å². The van der Waals surface area contributed by atoms with Gasteiger partial charge >= 0.3 is 0 Å². The largest absolute Gasteiger partial charge is 0.378 e. The van der Waals surface area contributed by atoms with Crippen molar-refractivity contribution in [2.75, 3.05) is 7.05 Å². The average Bonchev–Trinajstić information content (AvgIpc) is 3.45. The van der Waals surface area contributed by atoms with Gasteiger partial charge in [-0.15, -0.1) is 0 Å². The van der Waals surface area contributed by atoms with E-state index >= 15 is 0 Å². The SMILES string of the molecule is CN(Cc1ccc(C(=O)NC2CC2)cc1)C(=O)[C@H](O)c1ccccc1. The highest BCUT2D eigenvalue weighted by molar-refractivity contribution is 5.94. The molecule has 0 bridgehead atoms. The first-order valence-electron chi connectivity index (χ1n) is 8.42. The van der Waals surface area contributed by atoms with Crippen LogP contribution in [-0.4, -0.2) is 34.9 Å². The maximum atomic E-state index is 12.4. The van der Waals surface area contributed by atoms with Gasteiger partial charge in [0.05, 0.1) is 0 Å². The van der Waals surface area contributed by atoms with Crippen molar-refractivity contribution < 1.29 is 14.7 Å². The number of carbonyl (C=O) groups excluding carboxylic acids is 2. The minimum Gasteiger partial charge on any atom is -0.378 e. The third kappa shape index (κ3) is 4.45. The van der Waals surface area contributed by atoms with Crippen molar-refractivity contribution in [2.24, 2.45) is 0 Å². The zero-order valence-corrected chi connectivity index (χ0v) is 14.2. The van der Waals surface area contributed by atoms with Gasteiger partial charge in [-0.05, 0) is 36.1 Å². The Morgan fingerprint density at radius 1 is 1.12 bits per heavy atom. The molecular weight excluding hydrogens is 316 g/mol. The summed E-state index contributed by atoms with van der Waals surface area (Å²) in [6, 6.07) is 16.4. The standard InChI is InChI=1S/C20H22N2O3/c1-22(20(25)18(23)15-5-3-2-4-6-15)13-14-7-9-16(10-8-14)19(24)21-17-11-12-17/h2-10,17-18,23H,11-13H2,1H3,(H,21,24)/t18-/m1/s1. The van der Waals surface area contributed by atoms with E-state index in [4.69, 9.17) is 0 Å². The van der Waals surface area contributed by atoms with Crippen LogP contribution < -0.4 is 5.32 Å². The van der Waals surface area contributed by atoms with E-state index in [0.717, 1.165) is 18.4 Å². The highest BCUT2D eigenvalue weighted by Gasteiger charge is 2.24. The molecule has 1 saturated carbocycles. The second kappa shape index (κ2) is 7.49. The Morgan fingerprint density at radius 2 is 1.76 bits per heavy atom. The molecule has 0 aromatic heterocycles. The van der Waals surface area contributed by atoms with Crippen LogP contribution in [0.3, 0.4) is 0 Å². The Balaban J connectivity index is 1.59. The van der Waals surface area contributed by atoms with Gasteiger partial charge in [0.1, 0.15) is 0 Å². The average molecular weight is 338 g/mol. The number of benzene rings is 2. The number of aliphatic hydroxyl groups is 1. The summed E-state index contributed by atoms with van der Waals surface area (Å²) >= 11 is 0. The zero-order valence-electron chi connectivity index (χ0n) is 14.2. The molecule has 0 radical (unpaired) electrons. The molecule has 2 amide bonds. The minimum atomic E-state index is -1.17. The lowest BCUT2D eigenvalue weighted by molar-refractivity contribution is -0.139. The molecule has 2 N–H and O–H groups in total. The van der Waals surface area contributed by atoms with E-state index in [2.05, 4.69) is 5.32 Å². The lowest BCUT2D eigenvalue weighted by Crippen LogP contribution is -2.31. The monoisotopic (exact) mass is 338 g/mol. The third-order valence-electron chi connectivity index (χ3n) is 4.27. The fraction of sp³-hybridized carbons (Fsp3) is 0.300. The van der Waals surface area contributed by atoms with Crippen LogP contribution in [-0.2, 0) is 11.3 Å². The maximum Gasteiger partial charge on any atom is 0.256 e. The van der Waals surface area contributed by atoms with E-state index in [-0.39, 0.29) is 11.8 Å². The van der Waals surface area contributed by atoms with Crippen molar-refractivity contribution in [3.05, 3.63) is 71.3 Å². The lowest BCUT2D eigenvalue weighted by Gasteiger charge is -2.21. The Hall–Kier alpha value is -2.66.